The van der Waals surface area contributed by atoms with Crippen molar-refractivity contribution in [2.75, 3.05) is 38.8 Å². The van der Waals surface area contributed by atoms with Gasteiger partial charge in [-0.2, -0.15) is 0 Å². The van der Waals surface area contributed by atoms with Crippen LogP contribution < -0.4 is 15.0 Å². The quantitative estimate of drug-likeness (QED) is 0.0904. The Morgan fingerprint density at radius 3 is 2.15 bits per heavy atom. The third kappa shape index (κ3) is 8.53. The van der Waals surface area contributed by atoms with Gasteiger partial charge in [0.25, 0.3) is 0 Å². The van der Waals surface area contributed by atoms with Crippen LogP contribution in [0.5, 0.6) is 5.75 Å². The number of hydrogen-bond acceptors (Lipinski definition) is 11. The fourth-order valence-corrected chi connectivity index (χ4v) is 9.98. The van der Waals surface area contributed by atoms with Crippen LogP contribution in [-0.4, -0.2) is 95.9 Å². The van der Waals surface area contributed by atoms with E-state index >= 15 is 9.59 Å². The van der Waals surface area contributed by atoms with Gasteiger partial charge in [-0.05, 0) is 59.5 Å². The topological polar surface area (TPSA) is 175 Å². The number of morpholine rings is 1. The van der Waals surface area contributed by atoms with E-state index in [1.807, 2.05) is 103 Å². The van der Waals surface area contributed by atoms with Crippen LogP contribution in [0.4, 0.5) is 10.5 Å². The summed E-state index contributed by atoms with van der Waals surface area (Å²) in [5.74, 6) is 0.189. The number of hydrogen-bond donors (Lipinski definition) is 3. The number of nitrogens with one attached hydrogen (secondary N) is 1. The number of carboxylic acids is 1. The van der Waals surface area contributed by atoms with Gasteiger partial charge in [0.2, 0.25) is 5.91 Å². The lowest BCUT2D eigenvalue weighted by Crippen LogP contribution is -2.56. The fraction of sp³-hybridized carbons (Fsp3) is 0.302. The van der Waals surface area contributed by atoms with Crippen molar-refractivity contribution in [3.8, 4) is 17.6 Å². The largest absolute Gasteiger partial charge is 0.491 e. The van der Waals surface area contributed by atoms with Crippen molar-refractivity contribution in [1.82, 2.24) is 15.1 Å². The number of aliphatic hydroxyl groups is 1. The molecule has 0 aromatic heterocycles. The maximum Gasteiger partial charge on any atom is 0.329 e. The Bertz CT molecular complexity index is 2710. The van der Waals surface area contributed by atoms with Gasteiger partial charge in [-0.15, -0.1) is 0 Å². The molecule has 3 aliphatic rings. The van der Waals surface area contributed by atoms with E-state index in [-0.39, 0.29) is 30.2 Å². The van der Waals surface area contributed by atoms with Gasteiger partial charge in [-0.3, -0.25) is 24.2 Å². The normalized spacial score (nSPS) is 22.4. The first-order valence-corrected chi connectivity index (χ1v) is 22.1. The predicted octanol–water partition coefficient (Wildman–Crippen LogP) is 6.20. The van der Waals surface area contributed by atoms with Crippen LogP contribution >= 0.6 is 0 Å². The first-order chi connectivity index (χ1) is 32.4. The molecule has 344 valence electrons. The van der Waals surface area contributed by atoms with Crippen LogP contribution in [0.15, 0.2) is 133 Å². The zero-order chi connectivity index (χ0) is 47.4. The number of para-hydroxylation sites is 1. The molecule has 7 atom stereocenters. The molecule has 2 saturated heterocycles. The molecular formula is C53H52N4O10. The molecule has 14 heteroatoms. The Hall–Kier alpha value is -7.31. The summed E-state index contributed by atoms with van der Waals surface area (Å²) in [5, 5.41) is 24.4. The van der Waals surface area contributed by atoms with E-state index in [9.17, 15) is 24.6 Å². The maximum atomic E-state index is 16.3. The average Bonchev–Trinajstić information content (AvgIpc) is 3.79. The van der Waals surface area contributed by atoms with Crippen LogP contribution in [0.3, 0.4) is 0 Å². The molecule has 0 bridgehead atoms. The monoisotopic (exact) mass is 904 g/mol. The molecule has 0 saturated carbocycles. The second kappa shape index (κ2) is 19.7. The van der Waals surface area contributed by atoms with E-state index < -0.39 is 77.4 Å². The van der Waals surface area contributed by atoms with Crippen molar-refractivity contribution >= 4 is 35.5 Å². The molecular weight excluding hydrogens is 853 g/mol. The number of amides is 3. The van der Waals surface area contributed by atoms with Gasteiger partial charge >= 0.3 is 23.9 Å². The summed E-state index contributed by atoms with van der Waals surface area (Å²) in [7, 11) is 3.13. The van der Waals surface area contributed by atoms with Crippen LogP contribution in [-0.2, 0) is 40.6 Å². The van der Waals surface area contributed by atoms with Crippen LogP contribution in [0.1, 0.15) is 65.4 Å². The highest BCUT2D eigenvalue weighted by atomic mass is 16.6. The molecule has 3 amide bonds. The van der Waals surface area contributed by atoms with Crippen molar-refractivity contribution in [2.45, 2.75) is 56.1 Å². The summed E-state index contributed by atoms with van der Waals surface area (Å²) >= 11 is 0. The number of carbonyl (C=O) groups excluding carboxylic acids is 4. The number of carbonyl (C=O) groups is 5. The van der Waals surface area contributed by atoms with Crippen molar-refractivity contribution in [3.05, 3.63) is 167 Å². The minimum Gasteiger partial charge on any atom is -0.491 e. The second-order valence-electron chi connectivity index (χ2n) is 17.2. The summed E-state index contributed by atoms with van der Waals surface area (Å²) in [6.45, 7) is 3.88. The van der Waals surface area contributed by atoms with Gasteiger partial charge in [0.15, 0.2) is 0 Å². The molecule has 5 aromatic rings. The van der Waals surface area contributed by atoms with Gasteiger partial charge < -0.3 is 29.7 Å². The van der Waals surface area contributed by atoms with E-state index in [2.05, 4.69) is 17.2 Å². The van der Waals surface area contributed by atoms with Gasteiger partial charge in [-0.25, -0.2) is 14.5 Å². The van der Waals surface area contributed by atoms with Gasteiger partial charge in [0, 0.05) is 17.7 Å². The predicted molar refractivity (Wildman–Crippen MR) is 247 cm³/mol. The summed E-state index contributed by atoms with van der Waals surface area (Å²) in [5.41, 5.74) is 0.998. The summed E-state index contributed by atoms with van der Waals surface area (Å²) in [6, 6.07) is 33.7. The zero-order valence-corrected chi connectivity index (χ0v) is 37.6. The number of esters is 2. The average molecular weight is 905 g/mol. The number of cyclic esters (lactones) is 1. The molecule has 3 aliphatic heterocycles. The number of aliphatic carboxylic acids is 1. The lowest BCUT2D eigenvalue weighted by Gasteiger charge is -2.46. The van der Waals surface area contributed by atoms with Crippen molar-refractivity contribution in [1.29, 1.82) is 0 Å². The molecule has 0 radical (unpaired) electrons. The number of rotatable bonds is 13. The van der Waals surface area contributed by atoms with E-state index in [0.717, 1.165) is 10.5 Å². The molecule has 1 spiro atoms. The van der Waals surface area contributed by atoms with E-state index in [1.54, 1.807) is 61.2 Å². The number of carboxylic acid groups (broad SMARTS) is 1. The fourth-order valence-electron chi connectivity index (χ4n) is 9.98. The Balaban J connectivity index is 1.40. The summed E-state index contributed by atoms with van der Waals surface area (Å²) < 4.78 is 17.6. The molecule has 14 nitrogen and oxygen atoms in total. The minimum atomic E-state index is -2.28. The Morgan fingerprint density at radius 1 is 0.866 bits per heavy atom. The molecule has 5 aromatic carbocycles. The molecule has 3 heterocycles. The smallest absolute Gasteiger partial charge is 0.329 e. The van der Waals surface area contributed by atoms with E-state index in [4.69, 9.17) is 14.2 Å². The number of methoxy groups -OCH3 is 1. The van der Waals surface area contributed by atoms with Crippen LogP contribution in [0, 0.1) is 23.7 Å². The van der Waals surface area contributed by atoms with Gasteiger partial charge in [-0.1, -0.05) is 135 Å². The van der Waals surface area contributed by atoms with Crippen molar-refractivity contribution < 1.29 is 48.4 Å². The summed E-state index contributed by atoms with van der Waals surface area (Å²) in [6.07, 6.45) is -1.00. The maximum absolute atomic E-state index is 16.3. The van der Waals surface area contributed by atoms with E-state index in [1.165, 1.54) is 7.11 Å². The van der Waals surface area contributed by atoms with Crippen LogP contribution in [0.25, 0.3) is 0 Å². The highest BCUT2D eigenvalue weighted by molar-refractivity contribution is 6.25. The number of fused-ring (bicyclic) bond motifs is 3. The highest BCUT2D eigenvalue weighted by Crippen LogP contribution is 2.66. The number of benzene rings is 5. The third-order valence-electron chi connectivity index (χ3n) is 12.8. The molecule has 0 unspecified atom stereocenters. The SMILES string of the molecule is COC(=O)[C@@H](NC(=O)N1C(=O)[C@@]2(c3cc(C#CCN(C)Cc4ccccc4)ccc31)[C@H](C(=O)O)[C@H]1C(=O)O[C@H](c3ccccc3)[C@H](c3ccccc3)N1[C@@H]2c1ccccc1OCCO)C(C)C. The standard InChI is InChI=1S/C53H52N4O10/c1-33(2)43(49(61)65-4)54-52(64)56-40-27-26-34(19-16-28-55(3)32-35-17-8-5-9-18-35)31-39(40)53(51(56)63)42(48(59)60)45-50(62)67-46(37-22-12-7-13-23-37)44(36-20-10-6-11-21-36)57(45)47(53)38-24-14-15-25-41(38)66-30-29-58/h5-15,17-18,20-27,31,33,42-47,58H,28-30,32H2,1-4H3,(H,54,64)(H,59,60)/t42-,43-,44-,45-,46+,47+,53-/m0/s1. The summed E-state index contributed by atoms with van der Waals surface area (Å²) in [4.78, 5) is 78.3. The van der Waals surface area contributed by atoms with Crippen molar-refractivity contribution in [3.63, 3.8) is 0 Å². The number of nitrogens with zero attached hydrogens (tertiary/aromatic N) is 3. The number of imide groups is 1. The molecule has 8 rings (SSSR count). The van der Waals surface area contributed by atoms with E-state index in [0.29, 0.717) is 35.3 Å². The lowest BCUT2D eigenvalue weighted by molar-refractivity contribution is -0.179. The van der Waals surface area contributed by atoms with Gasteiger partial charge in [0.1, 0.15) is 41.9 Å². The Kier molecular flexibility index (Phi) is 13.6. The van der Waals surface area contributed by atoms with Crippen LogP contribution in [0.2, 0.25) is 0 Å². The molecule has 0 aliphatic carbocycles. The Labute approximate surface area is 389 Å². The number of anilines is 1. The number of urea groups is 1. The Morgan fingerprint density at radius 2 is 1.51 bits per heavy atom. The van der Waals surface area contributed by atoms with Crippen molar-refractivity contribution in [2.24, 2.45) is 11.8 Å². The number of ether oxygens (including phenoxy) is 3. The number of aliphatic hydroxyl groups excluding tert-OH is 1. The molecule has 2 fully saturated rings. The molecule has 67 heavy (non-hydrogen) atoms. The molecule has 3 N–H and O–H groups in total. The highest BCUT2D eigenvalue weighted by Gasteiger charge is 2.76. The second-order valence-corrected chi connectivity index (χ2v) is 17.2. The third-order valence-corrected chi connectivity index (χ3v) is 12.8. The van der Waals surface area contributed by atoms with Gasteiger partial charge in [0.05, 0.1) is 38.0 Å². The lowest BCUT2D eigenvalue weighted by atomic mass is 9.65. The zero-order valence-electron chi connectivity index (χ0n) is 37.6. The first kappa shape index (κ1) is 46.2. The minimum absolute atomic E-state index is 0.0377. The first-order valence-electron chi connectivity index (χ1n) is 22.1.